The largest absolute Gasteiger partial charge is 0.335 e. The lowest BCUT2D eigenvalue weighted by Gasteiger charge is -2.23. The number of aromatic nitrogens is 2. The van der Waals surface area contributed by atoms with Gasteiger partial charge in [0.05, 0.1) is 0 Å². The summed E-state index contributed by atoms with van der Waals surface area (Å²) in [6.45, 7) is 3.67. The Hall–Kier alpha value is -2.48. The topological polar surface area (TPSA) is 96.0 Å². The number of hydrogen-bond donors (Lipinski definition) is 3. The van der Waals surface area contributed by atoms with Gasteiger partial charge in [0.2, 0.25) is 11.0 Å². The van der Waals surface area contributed by atoms with Crippen molar-refractivity contribution in [2.45, 2.75) is 58.0 Å². The molecule has 0 radical (unpaired) electrons. The SMILES string of the molecule is Cc1ccc(-c2nnc(NC(=O)C(C)NC(=O)NC3CCCCC3)s2)cc1. The molecule has 3 amide bonds. The zero-order chi connectivity index (χ0) is 19.2. The number of benzene rings is 1. The molecule has 1 aromatic carbocycles. The number of anilines is 1. The van der Waals surface area contributed by atoms with E-state index in [-0.39, 0.29) is 18.0 Å². The van der Waals surface area contributed by atoms with E-state index in [0.29, 0.717) is 5.13 Å². The Kier molecular flexibility index (Phi) is 6.39. The minimum atomic E-state index is -0.666. The van der Waals surface area contributed by atoms with E-state index in [0.717, 1.165) is 36.3 Å². The highest BCUT2D eigenvalue weighted by Gasteiger charge is 2.20. The van der Waals surface area contributed by atoms with Crippen LogP contribution in [0, 0.1) is 6.92 Å². The summed E-state index contributed by atoms with van der Waals surface area (Å²) in [5.74, 6) is -0.319. The first-order chi connectivity index (χ1) is 13.0. The van der Waals surface area contributed by atoms with E-state index in [4.69, 9.17) is 0 Å². The van der Waals surface area contributed by atoms with E-state index in [2.05, 4.69) is 26.1 Å². The van der Waals surface area contributed by atoms with Crippen LogP contribution in [0.2, 0.25) is 0 Å². The van der Waals surface area contributed by atoms with Crippen molar-refractivity contribution in [3.05, 3.63) is 29.8 Å². The second-order valence-corrected chi connectivity index (χ2v) is 7.92. The van der Waals surface area contributed by atoms with Gasteiger partial charge >= 0.3 is 6.03 Å². The zero-order valence-corrected chi connectivity index (χ0v) is 16.4. The van der Waals surface area contributed by atoms with Gasteiger partial charge in [-0.2, -0.15) is 0 Å². The Balaban J connectivity index is 1.50. The number of amides is 3. The summed E-state index contributed by atoms with van der Waals surface area (Å²) < 4.78 is 0. The monoisotopic (exact) mass is 387 g/mol. The third-order valence-corrected chi connectivity index (χ3v) is 5.52. The molecule has 1 fully saturated rings. The number of carbonyl (C=O) groups is 2. The summed E-state index contributed by atoms with van der Waals surface area (Å²) in [5.41, 5.74) is 2.12. The second-order valence-electron chi connectivity index (χ2n) is 6.94. The highest BCUT2D eigenvalue weighted by Crippen LogP contribution is 2.26. The van der Waals surface area contributed by atoms with Gasteiger partial charge in [-0.1, -0.05) is 60.4 Å². The van der Waals surface area contributed by atoms with Crippen molar-refractivity contribution in [2.24, 2.45) is 0 Å². The van der Waals surface area contributed by atoms with E-state index in [1.54, 1.807) is 6.92 Å². The molecule has 3 rings (SSSR count). The summed E-state index contributed by atoms with van der Waals surface area (Å²) in [6.07, 6.45) is 5.51. The van der Waals surface area contributed by atoms with Crippen LogP contribution in [0.4, 0.5) is 9.93 Å². The minimum Gasteiger partial charge on any atom is -0.335 e. The van der Waals surface area contributed by atoms with E-state index >= 15 is 0 Å². The Morgan fingerprint density at radius 1 is 1.11 bits per heavy atom. The number of aryl methyl sites for hydroxylation is 1. The molecule has 0 saturated heterocycles. The maximum Gasteiger partial charge on any atom is 0.315 e. The maximum absolute atomic E-state index is 12.3. The number of urea groups is 1. The Bertz CT molecular complexity index is 784. The van der Waals surface area contributed by atoms with Crippen molar-refractivity contribution in [3.8, 4) is 10.6 Å². The van der Waals surface area contributed by atoms with Gasteiger partial charge in [-0.3, -0.25) is 10.1 Å². The van der Waals surface area contributed by atoms with Crippen LogP contribution >= 0.6 is 11.3 Å². The molecule has 27 heavy (non-hydrogen) atoms. The van der Waals surface area contributed by atoms with Crippen molar-refractivity contribution in [2.75, 3.05) is 5.32 Å². The van der Waals surface area contributed by atoms with Gasteiger partial charge in [0.1, 0.15) is 11.0 Å². The zero-order valence-electron chi connectivity index (χ0n) is 15.6. The molecule has 2 aromatic rings. The first-order valence-corrected chi connectivity index (χ1v) is 10.1. The van der Waals surface area contributed by atoms with Crippen molar-refractivity contribution in [1.29, 1.82) is 0 Å². The molecule has 144 valence electrons. The molecule has 8 heteroatoms. The Morgan fingerprint density at radius 2 is 1.81 bits per heavy atom. The van der Waals surface area contributed by atoms with E-state index in [9.17, 15) is 9.59 Å². The fraction of sp³-hybridized carbons (Fsp3) is 0.474. The quantitative estimate of drug-likeness (QED) is 0.732. The molecule has 1 saturated carbocycles. The molecule has 1 aliphatic carbocycles. The van der Waals surface area contributed by atoms with Crippen LogP contribution in [-0.2, 0) is 4.79 Å². The highest BCUT2D eigenvalue weighted by molar-refractivity contribution is 7.18. The van der Waals surface area contributed by atoms with Gasteiger partial charge in [-0.05, 0) is 26.7 Å². The third-order valence-electron chi connectivity index (χ3n) is 4.63. The molecule has 0 bridgehead atoms. The van der Waals surface area contributed by atoms with Crippen LogP contribution in [0.1, 0.15) is 44.6 Å². The first kappa shape index (κ1) is 19.3. The maximum atomic E-state index is 12.3. The van der Waals surface area contributed by atoms with Crippen molar-refractivity contribution in [3.63, 3.8) is 0 Å². The lowest BCUT2D eigenvalue weighted by molar-refractivity contribution is -0.117. The Labute approximate surface area is 163 Å². The number of nitrogens with one attached hydrogen (secondary N) is 3. The normalized spacial score (nSPS) is 15.8. The van der Waals surface area contributed by atoms with Gasteiger partial charge in [-0.25, -0.2) is 4.79 Å². The number of rotatable bonds is 5. The average molecular weight is 388 g/mol. The van der Waals surface area contributed by atoms with Crippen LogP contribution < -0.4 is 16.0 Å². The smallest absolute Gasteiger partial charge is 0.315 e. The third kappa shape index (κ3) is 5.50. The van der Waals surface area contributed by atoms with Crippen molar-refractivity contribution in [1.82, 2.24) is 20.8 Å². The van der Waals surface area contributed by atoms with Gasteiger partial charge in [0.25, 0.3) is 0 Å². The fourth-order valence-corrected chi connectivity index (χ4v) is 3.79. The fourth-order valence-electron chi connectivity index (χ4n) is 3.04. The summed E-state index contributed by atoms with van der Waals surface area (Å²) in [4.78, 5) is 24.4. The molecular formula is C19H25N5O2S. The Morgan fingerprint density at radius 3 is 2.52 bits per heavy atom. The predicted molar refractivity (Wildman–Crippen MR) is 107 cm³/mol. The molecule has 1 aromatic heterocycles. The highest BCUT2D eigenvalue weighted by atomic mass is 32.1. The minimum absolute atomic E-state index is 0.203. The second kappa shape index (κ2) is 8.94. The summed E-state index contributed by atoms with van der Waals surface area (Å²) in [6, 6.07) is 7.19. The van der Waals surface area contributed by atoms with Crippen molar-refractivity contribution >= 4 is 28.4 Å². The lowest BCUT2D eigenvalue weighted by Crippen LogP contribution is -2.49. The molecule has 7 nitrogen and oxygen atoms in total. The molecule has 3 N–H and O–H groups in total. The van der Waals surface area contributed by atoms with Crippen LogP contribution in [-0.4, -0.2) is 34.2 Å². The molecule has 1 atom stereocenters. The number of hydrogen-bond acceptors (Lipinski definition) is 5. The van der Waals surface area contributed by atoms with E-state index in [1.165, 1.54) is 23.3 Å². The van der Waals surface area contributed by atoms with Crippen molar-refractivity contribution < 1.29 is 9.59 Å². The van der Waals surface area contributed by atoms with Crippen LogP contribution in [0.3, 0.4) is 0 Å². The van der Waals surface area contributed by atoms with E-state index in [1.807, 2.05) is 31.2 Å². The molecular weight excluding hydrogens is 362 g/mol. The van der Waals surface area contributed by atoms with Crippen LogP contribution in [0.25, 0.3) is 10.6 Å². The van der Waals surface area contributed by atoms with Gasteiger partial charge < -0.3 is 10.6 Å². The molecule has 0 aliphatic heterocycles. The summed E-state index contributed by atoms with van der Waals surface area (Å²) in [5, 5.41) is 17.6. The molecule has 1 aliphatic rings. The number of nitrogens with zero attached hydrogens (tertiary/aromatic N) is 2. The summed E-state index contributed by atoms with van der Waals surface area (Å²) in [7, 11) is 0. The van der Waals surface area contributed by atoms with Gasteiger partial charge in [-0.15, -0.1) is 10.2 Å². The first-order valence-electron chi connectivity index (χ1n) is 9.29. The van der Waals surface area contributed by atoms with E-state index < -0.39 is 6.04 Å². The standard InChI is InChI=1S/C19H25N5O2S/c1-12-8-10-14(11-9-12)17-23-24-19(27-17)22-16(25)13(2)20-18(26)21-15-6-4-3-5-7-15/h8-11,13,15H,3-7H2,1-2H3,(H2,20,21,26)(H,22,24,25). The van der Waals surface area contributed by atoms with Crippen LogP contribution in [0.5, 0.6) is 0 Å². The molecule has 0 spiro atoms. The number of carbonyl (C=O) groups excluding carboxylic acids is 2. The van der Waals surface area contributed by atoms with Gasteiger partial charge in [0.15, 0.2) is 0 Å². The lowest BCUT2D eigenvalue weighted by atomic mass is 9.96. The molecule has 1 unspecified atom stereocenters. The van der Waals surface area contributed by atoms with Gasteiger partial charge in [0, 0.05) is 11.6 Å². The predicted octanol–water partition coefficient (Wildman–Crippen LogP) is 3.47. The summed E-state index contributed by atoms with van der Waals surface area (Å²) >= 11 is 1.30. The van der Waals surface area contributed by atoms with Crippen LogP contribution in [0.15, 0.2) is 24.3 Å². The molecule has 1 heterocycles. The average Bonchev–Trinajstić information content (AvgIpc) is 3.11.